The molecular weight excluding hydrogens is 584 g/mol. The van der Waals surface area contributed by atoms with E-state index >= 15 is 0 Å². The van der Waals surface area contributed by atoms with Crippen LogP contribution in [-0.2, 0) is 26.2 Å². The number of hydrogen-bond acceptors (Lipinski definition) is 7. The SMILES string of the molecule is CC1(C2NCCC2CCCOCc2ccccc2)CCC[N+]([O-])(C(=O)O)C1(NS(=O)(=O)c1cccc2ccccc12)C(N)=O. The van der Waals surface area contributed by atoms with E-state index in [9.17, 15) is 28.3 Å². The molecule has 2 saturated heterocycles. The summed E-state index contributed by atoms with van der Waals surface area (Å²) in [6, 6.07) is 20.7. The molecule has 236 valence electrons. The standard InChI is InChI=1S/C32H40N4O7S/c1-31(28-25(17-19-34-28)14-8-21-43-22-23-10-3-2-4-11-23)18-9-20-36(40,30(38)39)32(31,29(33)37)35-44(41,42)27-16-7-13-24-12-5-6-15-26(24)27/h2-7,10-13,15-16,25,28,34-35H,8-9,14,17-22H2,1H3,(H2,33,37)(H,38,39). The van der Waals surface area contributed by atoms with E-state index in [4.69, 9.17) is 10.5 Å². The number of carboxylic acid groups (broad SMARTS) is 1. The number of carbonyl (C=O) groups excluding carboxylic acids is 1. The molecule has 3 aromatic rings. The Morgan fingerprint density at radius 2 is 1.82 bits per heavy atom. The third kappa shape index (κ3) is 5.50. The first-order valence-electron chi connectivity index (χ1n) is 15.0. The molecule has 44 heavy (non-hydrogen) atoms. The molecule has 0 radical (unpaired) electrons. The second-order valence-electron chi connectivity index (χ2n) is 12.1. The number of hydroxylamine groups is 3. The molecule has 0 bridgehead atoms. The highest BCUT2D eigenvalue weighted by molar-refractivity contribution is 7.89. The summed E-state index contributed by atoms with van der Waals surface area (Å²) in [5.41, 5.74) is 2.84. The number of piperidine rings is 1. The number of likely N-dealkylation sites (tertiary alicyclic amines) is 1. The molecule has 2 aliphatic heterocycles. The van der Waals surface area contributed by atoms with E-state index in [1.807, 2.05) is 30.3 Å². The molecule has 0 spiro atoms. The van der Waals surface area contributed by atoms with Gasteiger partial charge in [-0.1, -0.05) is 66.7 Å². The highest BCUT2D eigenvalue weighted by Crippen LogP contribution is 2.53. The minimum atomic E-state index is -4.64. The van der Waals surface area contributed by atoms with Gasteiger partial charge < -0.3 is 26.1 Å². The molecule has 0 aromatic heterocycles. The summed E-state index contributed by atoms with van der Waals surface area (Å²) in [6.45, 7) is 2.63. The monoisotopic (exact) mass is 624 g/mol. The van der Waals surface area contributed by atoms with Crippen molar-refractivity contribution in [3.63, 3.8) is 0 Å². The van der Waals surface area contributed by atoms with E-state index in [-0.39, 0.29) is 23.7 Å². The predicted molar refractivity (Wildman–Crippen MR) is 165 cm³/mol. The van der Waals surface area contributed by atoms with Gasteiger partial charge in [-0.05, 0) is 68.5 Å². The minimum absolute atomic E-state index is 0.0820. The molecule has 5 rings (SSSR count). The summed E-state index contributed by atoms with van der Waals surface area (Å²) in [7, 11) is -4.64. The van der Waals surface area contributed by atoms with Gasteiger partial charge in [0.2, 0.25) is 10.0 Å². The van der Waals surface area contributed by atoms with Gasteiger partial charge in [-0.15, -0.1) is 4.72 Å². The van der Waals surface area contributed by atoms with E-state index in [1.54, 1.807) is 43.3 Å². The van der Waals surface area contributed by atoms with E-state index in [0.29, 0.717) is 49.8 Å². The molecule has 5 unspecified atom stereocenters. The van der Waals surface area contributed by atoms with Crippen LogP contribution < -0.4 is 15.8 Å². The van der Waals surface area contributed by atoms with Gasteiger partial charge in [-0.2, -0.15) is 4.79 Å². The molecule has 11 nitrogen and oxygen atoms in total. The van der Waals surface area contributed by atoms with Crippen LogP contribution in [-0.4, -0.2) is 61.6 Å². The minimum Gasteiger partial charge on any atom is -0.621 e. The molecule has 2 aliphatic rings. The lowest BCUT2D eigenvalue weighted by Crippen LogP contribution is -2.86. The zero-order valence-electron chi connectivity index (χ0n) is 24.8. The number of sulfonamides is 1. The second-order valence-corrected chi connectivity index (χ2v) is 13.7. The number of hydrogen-bond donors (Lipinski definition) is 4. The van der Waals surface area contributed by atoms with Crippen molar-refractivity contribution < 1.29 is 32.5 Å². The maximum absolute atomic E-state index is 14.5. The maximum Gasteiger partial charge on any atom is 0.515 e. The first kappa shape index (κ1) is 32.0. The van der Waals surface area contributed by atoms with Crippen molar-refractivity contribution in [1.29, 1.82) is 0 Å². The van der Waals surface area contributed by atoms with E-state index in [2.05, 4.69) is 10.0 Å². The smallest absolute Gasteiger partial charge is 0.515 e. The van der Waals surface area contributed by atoms with Gasteiger partial charge >= 0.3 is 6.09 Å². The van der Waals surface area contributed by atoms with Gasteiger partial charge in [0, 0.05) is 18.0 Å². The van der Waals surface area contributed by atoms with Crippen molar-refractivity contribution >= 4 is 32.8 Å². The van der Waals surface area contributed by atoms with E-state index < -0.39 is 50.3 Å². The predicted octanol–water partition coefficient (Wildman–Crippen LogP) is 4.07. The van der Waals surface area contributed by atoms with Crippen LogP contribution in [0.15, 0.2) is 77.7 Å². The number of fused-ring (bicyclic) bond motifs is 1. The number of primary amides is 1. The van der Waals surface area contributed by atoms with Gasteiger partial charge in [0.1, 0.15) is 0 Å². The van der Waals surface area contributed by atoms with Crippen LogP contribution in [0.2, 0.25) is 0 Å². The lowest BCUT2D eigenvalue weighted by atomic mass is 9.61. The van der Waals surface area contributed by atoms with Gasteiger partial charge in [0.25, 0.3) is 11.6 Å². The summed E-state index contributed by atoms with van der Waals surface area (Å²) >= 11 is 0. The van der Waals surface area contributed by atoms with Crippen molar-refractivity contribution in [2.45, 2.75) is 62.2 Å². The largest absolute Gasteiger partial charge is 0.621 e. The lowest BCUT2D eigenvalue weighted by Gasteiger charge is -2.62. The Morgan fingerprint density at radius 1 is 1.11 bits per heavy atom. The first-order valence-corrected chi connectivity index (χ1v) is 16.4. The van der Waals surface area contributed by atoms with E-state index in [0.717, 1.165) is 5.56 Å². The molecular formula is C32H40N4O7S. The topological polar surface area (TPSA) is 171 Å². The highest BCUT2D eigenvalue weighted by atomic mass is 32.2. The molecule has 2 fully saturated rings. The summed E-state index contributed by atoms with van der Waals surface area (Å²) < 4.78 is 34.5. The Bertz CT molecular complexity index is 1620. The number of nitrogens with one attached hydrogen (secondary N) is 2. The molecule has 5 atom stereocenters. The first-order chi connectivity index (χ1) is 21.0. The summed E-state index contributed by atoms with van der Waals surface area (Å²) in [5, 5.41) is 29.2. The normalized spacial score (nSPS) is 29.0. The fourth-order valence-electron chi connectivity index (χ4n) is 7.46. The molecule has 5 N–H and O–H groups in total. The van der Waals surface area contributed by atoms with Gasteiger partial charge in [0.15, 0.2) is 0 Å². The summed E-state index contributed by atoms with van der Waals surface area (Å²) in [6.07, 6.45) is 0.561. The summed E-state index contributed by atoms with van der Waals surface area (Å²) in [5.74, 6) is -1.40. The van der Waals surface area contributed by atoms with Crippen LogP contribution in [0.4, 0.5) is 4.79 Å². The van der Waals surface area contributed by atoms with E-state index in [1.165, 1.54) is 6.07 Å². The molecule has 2 amide bonds. The second kappa shape index (κ2) is 12.5. The van der Waals surface area contributed by atoms with Crippen LogP contribution in [0.1, 0.15) is 44.6 Å². The summed E-state index contributed by atoms with van der Waals surface area (Å²) in [4.78, 5) is 26.2. The molecule has 12 heteroatoms. The molecule has 2 heterocycles. The third-order valence-electron chi connectivity index (χ3n) is 9.54. The zero-order valence-corrected chi connectivity index (χ0v) is 25.6. The number of benzene rings is 3. The van der Waals surface area contributed by atoms with Crippen LogP contribution in [0.5, 0.6) is 0 Å². The van der Waals surface area contributed by atoms with Crippen molar-refractivity contribution in [3.8, 4) is 0 Å². The van der Waals surface area contributed by atoms with Gasteiger partial charge in [-0.25, -0.2) is 13.1 Å². The number of ether oxygens (including phenoxy) is 1. The Kier molecular flexibility index (Phi) is 9.13. The van der Waals surface area contributed by atoms with Crippen molar-refractivity contribution in [2.24, 2.45) is 17.1 Å². The number of quaternary nitrogens is 1. The van der Waals surface area contributed by atoms with Gasteiger partial charge in [-0.3, -0.25) is 4.79 Å². The number of rotatable bonds is 11. The van der Waals surface area contributed by atoms with Gasteiger partial charge in [0.05, 0.1) is 23.5 Å². The lowest BCUT2D eigenvalue weighted by molar-refractivity contribution is -0.872. The Labute approximate surface area is 257 Å². The number of carbonyl (C=O) groups is 2. The van der Waals surface area contributed by atoms with Crippen LogP contribution >= 0.6 is 0 Å². The quantitative estimate of drug-likeness (QED) is 0.141. The van der Waals surface area contributed by atoms with Crippen molar-refractivity contribution in [2.75, 3.05) is 19.7 Å². The Hall–Kier alpha value is -3.39. The number of nitrogens with two attached hydrogens (primary N) is 1. The number of amides is 2. The Morgan fingerprint density at radius 3 is 2.55 bits per heavy atom. The Balaban J connectivity index is 1.49. The van der Waals surface area contributed by atoms with Crippen molar-refractivity contribution in [1.82, 2.24) is 10.0 Å². The van der Waals surface area contributed by atoms with Crippen LogP contribution in [0.3, 0.4) is 0 Å². The average molecular weight is 625 g/mol. The van der Waals surface area contributed by atoms with Crippen molar-refractivity contribution in [3.05, 3.63) is 83.6 Å². The maximum atomic E-state index is 14.5. The highest BCUT2D eigenvalue weighted by Gasteiger charge is 2.73. The third-order valence-corrected chi connectivity index (χ3v) is 11.0. The zero-order chi connectivity index (χ0) is 31.6. The fourth-order valence-corrected chi connectivity index (χ4v) is 9.17. The number of nitrogens with zero attached hydrogens (tertiary/aromatic N) is 1. The van der Waals surface area contributed by atoms with Crippen LogP contribution in [0, 0.1) is 16.5 Å². The molecule has 0 saturated carbocycles. The average Bonchev–Trinajstić information content (AvgIpc) is 3.48. The molecule has 0 aliphatic carbocycles. The fraction of sp³-hybridized carbons (Fsp3) is 0.438. The molecule has 3 aromatic carbocycles. The van der Waals surface area contributed by atoms with Crippen LogP contribution in [0.25, 0.3) is 10.8 Å².